The lowest BCUT2D eigenvalue weighted by Gasteiger charge is -2.35. The van der Waals surface area contributed by atoms with Gasteiger partial charge in [0.1, 0.15) is 0 Å². The van der Waals surface area contributed by atoms with Crippen molar-refractivity contribution >= 4 is 5.96 Å². The Bertz CT molecular complexity index is 270. The summed E-state index contributed by atoms with van der Waals surface area (Å²) in [7, 11) is 0. The second kappa shape index (κ2) is 5.71. The molecule has 0 aromatic carbocycles. The van der Waals surface area contributed by atoms with E-state index in [1.165, 1.54) is 19.3 Å². The van der Waals surface area contributed by atoms with E-state index >= 15 is 0 Å². The Labute approximate surface area is 104 Å². The molecule has 0 aliphatic heterocycles. The van der Waals surface area contributed by atoms with Crippen molar-refractivity contribution in [1.29, 1.82) is 0 Å². The highest BCUT2D eigenvalue weighted by Gasteiger charge is 2.34. The van der Waals surface area contributed by atoms with Gasteiger partial charge in [-0.3, -0.25) is 4.99 Å². The Kier molecular flexibility index (Phi) is 4.26. The number of hydrogen-bond acceptors (Lipinski definition) is 2. The van der Waals surface area contributed by atoms with Crippen molar-refractivity contribution in [3.63, 3.8) is 0 Å². The summed E-state index contributed by atoms with van der Waals surface area (Å²) >= 11 is 0. The van der Waals surface area contributed by atoms with Crippen LogP contribution in [0.5, 0.6) is 0 Å². The van der Waals surface area contributed by atoms with Crippen LogP contribution in [0.25, 0.3) is 0 Å². The first-order valence-electron chi connectivity index (χ1n) is 6.96. The summed E-state index contributed by atoms with van der Waals surface area (Å²) in [5, 5.41) is 16.6. The maximum absolute atomic E-state index is 10.00. The first kappa shape index (κ1) is 12.7. The van der Waals surface area contributed by atoms with Gasteiger partial charge in [-0.15, -0.1) is 0 Å². The number of guanidine groups is 1. The lowest BCUT2D eigenvalue weighted by Crippen LogP contribution is -2.44. The quantitative estimate of drug-likeness (QED) is 0.500. The molecule has 0 radical (unpaired) electrons. The molecule has 0 atom stereocenters. The molecule has 0 spiro atoms. The van der Waals surface area contributed by atoms with Gasteiger partial charge in [0.2, 0.25) is 0 Å². The van der Waals surface area contributed by atoms with Gasteiger partial charge in [0.25, 0.3) is 0 Å². The molecule has 2 aliphatic rings. The summed E-state index contributed by atoms with van der Waals surface area (Å²) < 4.78 is 0. The first-order chi connectivity index (χ1) is 8.22. The Morgan fingerprint density at radius 3 is 2.53 bits per heavy atom. The normalized spacial score (nSPS) is 23.8. The predicted octanol–water partition coefficient (Wildman–Crippen LogP) is 1.26. The Hall–Kier alpha value is -0.770. The molecule has 3 N–H and O–H groups in total. The number of nitrogens with zero attached hydrogens (tertiary/aromatic N) is 1. The van der Waals surface area contributed by atoms with Crippen LogP contribution in [0.2, 0.25) is 0 Å². The van der Waals surface area contributed by atoms with Crippen LogP contribution in [0.3, 0.4) is 0 Å². The monoisotopic (exact) mass is 239 g/mol. The maximum atomic E-state index is 10.00. The summed E-state index contributed by atoms with van der Waals surface area (Å²) in [5.74, 6) is 1.69. The lowest BCUT2D eigenvalue weighted by atomic mass is 9.80. The minimum absolute atomic E-state index is 0.515. The van der Waals surface area contributed by atoms with Gasteiger partial charge in [0, 0.05) is 13.1 Å². The van der Waals surface area contributed by atoms with E-state index in [4.69, 9.17) is 0 Å². The molecule has 2 aliphatic carbocycles. The molecule has 4 heteroatoms. The van der Waals surface area contributed by atoms with Crippen LogP contribution in [0, 0.1) is 5.92 Å². The van der Waals surface area contributed by atoms with Gasteiger partial charge >= 0.3 is 0 Å². The molecule has 0 bridgehead atoms. The van der Waals surface area contributed by atoms with Gasteiger partial charge in [0.05, 0.1) is 12.1 Å². The molecule has 4 nitrogen and oxygen atoms in total. The molecule has 0 heterocycles. The van der Waals surface area contributed by atoms with Crippen LogP contribution in [0.1, 0.15) is 45.4 Å². The predicted molar refractivity (Wildman–Crippen MR) is 70.1 cm³/mol. The zero-order chi connectivity index (χ0) is 12.1. The summed E-state index contributed by atoms with van der Waals surface area (Å²) in [5.41, 5.74) is -0.515. The van der Waals surface area contributed by atoms with Gasteiger partial charge in [-0.2, -0.15) is 0 Å². The van der Waals surface area contributed by atoms with Gasteiger partial charge in [-0.25, -0.2) is 0 Å². The molecule has 2 rings (SSSR count). The average molecular weight is 239 g/mol. The fourth-order valence-electron chi connectivity index (χ4n) is 2.25. The summed E-state index contributed by atoms with van der Waals surface area (Å²) in [6, 6.07) is 0. The third-order valence-electron chi connectivity index (χ3n) is 3.94. The average Bonchev–Trinajstić information content (AvgIpc) is 2.21. The van der Waals surface area contributed by atoms with Gasteiger partial charge in [0.15, 0.2) is 5.96 Å². The van der Waals surface area contributed by atoms with Crippen molar-refractivity contribution in [3.05, 3.63) is 0 Å². The second-order valence-electron chi connectivity index (χ2n) is 5.45. The maximum Gasteiger partial charge on any atom is 0.191 e. The number of hydrogen-bond donors (Lipinski definition) is 3. The van der Waals surface area contributed by atoms with E-state index in [2.05, 4.69) is 22.5 Å². The molecule has 2 saturated carbocycles. The topological polar surface area (TPSA) is 56.7 Å². The van der Waals surface area contributed by atoms with Crippen molar-refractivity contribution in [2.75, 3.05) is 19.6 Å². The number of nitrogens with one attached hydrogen (secondary N) is 2. The molecule has 2 fully saturated rings. The van der Waals surface area contributed by atoms with Crippen LogP contribution < -0.4 is 10.6 Å². The molecule has 0 aromatic heterocycles. The Morgan fingerprint density at radius 2 is 2.06 bits per heavy atom. The lowest BCUT2D eigenvalue weighted by molar-refractivity contribution is -0.0236. The SMILES string of the molecule is CCNC(=NCC1(O)CCC1)NCC1CCC1. The highest BCUT2D eigenvalue weighted by molar-refractivity contribution is 5.79. The highest BCUT2D eigenvalue weighted by atomic mass is 16.3. The van der Waals surface area contributed by atoms with Crippen LogP contribution in [-0.4, -0.2) is 36.3 Å². The van der Waals surface area contributed by atoms with Crippen LogP contribution in [0.4, 0.5) is 0 Å². The Morgan fingerprint density at radius 1 is 1.29 bits per heavy atom. The second-order valence-corrected chi connectivity index (χ2v) is 5.45. The van der Waals surface area contributed by atoms with E-state index in [0.29, 0.717) is 6.54 Å². The molecule has 0 aromatic rings. The summed E-state index contributed by atoms with van der Waals surface area (Å²) in [4.78, 5) is 4.48. The number of rotatable bonds is 5. The van der Waals surface area contributed by atoms with Crippen molar-refractivity contribution in [3.8, 4) is 0 Å². The number of aliphatic hydroxyl groups is 1. The third-order valence-corrected chi connectivity index (χ3v) is 3.94. The molecular formula is C13H25N3O. The zero-order valence-corrected chi connectivity index (χ0v) is 10.8. The minimum Gasteiger partial charge on any atom is -0.388 e. The largest absolute Gasteiger partial charge is 0.388 e. The van der Waals surface area contributed by atoms with Gasteiger partial charge < -0.3 is 15.7 Å². The standard InChI is InChI=1S/C13H25N3O/c1-2-14-12(15-9-11-5-3-6-11)16-10-13(17)7-4-8-13/h11,17H,2-10H2,1H3,(H2,14,15,16). The minimum atomic E-state index is -0.515. The fraction of sp³-hybridized carbons (Fsp3) is 0.923. The molecule has 98 valence electrons. The van der Waals surface area contributed by atoms with E-state index in [1.54, 1.807) is 0 Å². The van der Waals surface area contributed by atoms with Crippen molar-refractivity contribution in [2.24, 2.45) is 10.9 Å². The smallest absolute Gasteiger partial charge is 0.191 e. The van der Waals surface area contributed by atoms with Crippen LogP contribution in [-0.2, 0) is 0 Å². The molecule has 0 unspecified atom stereocenters. The van der Waals surface area contributed by atoms with E-state index < -0.39 is 5.60 Å². The van der Waals surface area contributed by atoms with Crippen molar-refractivity contribution < 1.29 is 5.11 Å². The number of aliphatic imine (C=N–C) groups is 1. The molecule has 17 heavy (non-hydrogen) atoms. The third kappa shape index (κ3) is 3.60. The van der Waals surface area contributed by atoms with E-state index in [0.717, 1.165) is 44.2 Å². The van der Waals surface area contributed by atoms with Gasteiger partial charge in [-0.05, 0) is 44.9 Å². The Balaban J connectivity index is 1.75. The summed E-state index contributed by atoms with van der Waals surface area (Å²) in [6.07, 6.45) is 7.00. The fourth-order valence-corrected chi connectivity index (χ4v) is 2.25. The van der Waals surface area contributed by atoms with Crippen molar-refractivity contribution in [1.82, 2.24) is 10.6 Å². The summed E-state index contributed by atoms with van der Waals surface area (Å²) in [6.45, 7) is 4.49. The van der Waals surface area contributed by atoms with Crippen LogP contribution >= 0.6 is 0 Å². The molecular weight excluding hydrogens is 214 g/mol. The van der Waals surface area contributed by atoms with E-state index in [1.807, 2.05) is 0 Å². The first-order valence-corrected chi connectivity index (χ1v) is 6.96. The van der Waals surface area contributed by atoms with Crippen molar-refractivity contribution in [2.45, 2.75) is 51.0 Å². The highest BCUT2D eigenvalue weighted by Crippen LogP contribution is 2.31. The van der Waals surface area contributed by atoms with Gasteiger partial charge in [-0.1, -0.05) is 6.42 Å². The van der Waals surface area contributed by atoms with E-state index in [9.17, 15) is 5.11 Å². The van der Waals surface area contributed by atoms with E-state index in [-0.39, 0.29) is 0 Å². The molecule has 0 saturated heterocycles. The van der Waals surface area contributed by atoms with Crippen LogP contribution in [0.15, 0.2) is 4.99 Å². The molecule has 0 amide bonds. The zero-order valence-electron chi connectivity index (χ0n) is 10.8.